The molecule has 0 bridgehead atoms. The number of benzene rings is 2. The molecule has 0 aliphatic heterocycles. The summed E-state index contributed by atoms with van der Waals surface area (Å²) in [6.45, 7) is -0.634. The zero-order chi connectivity index (χ0) is 19.5. The molecular formula is C16H14BrF3N2O3S. The first-order valence-corrected chi connectivity index (χ1v) is 9.43. The number of carbonyl (C=O) groups excluding carboxylic acids is 1. The van der Waals surface area contributed by atoms with E-state index in [1.165, 1.54) is 43.4 Å². The summed E-state index contributed by atoms with van der Waals surface area (Å²) < 4.78 is 65.1. The van der Waals surface area contributed by atoms with Gasteiger partial charge in [-0.05, 0) is 36.4 Å². The standard InChI is InChI=1S/C16H14BrF3N2O3S/c1-22(26(24,25)12-8-6-11(17)7-9-12)10-15(23)21-14-5-3-2-4-13(14)16(18,19)20/h2-9H,10H2,1H3,(H,21,23). The van der Waals surface area contributed by atoms with Gasteiger partial charge in [-0.15, -0.1) is 0 Å². The lowest BCUT2D eigenvalue weighted by molar-refractivity contribution is -0.137. The predicted octanol–water partition coefficient (Wildman–Crippen LogP) is 3.73. The molecule has 0 aliphatic carbocycles. The summed E-state index contributed by atoms with van der Waals surface area (Å²) in [5.74, 6) is -0.884. The molecule has 0 unspecified atom stereocenters. The van der Waals surface area contributed by atoms with Crippen molar-refractivity contribution in [1.29, 1.82) is 0 Å². The lowest BCUT2D eigenvalue weighted by Crippen LogP contribution is -2.35. The minimum atomic E-state index is -4.64. The normalized spacial score (nSPS) is 12.2. The van der Waals surface area contributed by atoms with Gasteiger partial charge in [-0.3, -0.25) is 4.79 Å². The highest BCUT2D eigenvalue weighted by Crippen LogP contribution is 2.34. The van der Waals surface area contributed by atoms with Gasteiger partial charge in [0.1, 0.15) is 0 Å². The predicted molar refractivity (Wildman–Crippen MR) is 94.0 cm³/mol. The number of halogens is 4. The summed E-state index contributed by atoms with van der Waals surface area (Å²) >= 11 is 3.18. The van der Waals surface area contributed by atoms with E-state index >= 15 is 0 Å². The molecule has 140 valence electrons. The van der Waals surface area contributed by atoms with Crippen LogP contribution in [0.5, 0.6) is 0 Å². The molecule has 1 amide bonds. The van der Waals surface area contributed by atoms with E-state index in [1.54, 1.807) is 0 Å². The fourth-order valence-corrected chi connectivity index (χ4v) is 3.49. The number of amides is 1. The quantitative estimate of drug-likeness (QED) is 0.754. The first-order valence-electron chi connectivity index (χ1n) is 7.20. The van der Waals surface area contributed by atoms with Crippen LogP contribution in [0.4, 0.5) is 18.9 Å². The average Bonchev–Trinajstić information content (AvgIpc) is 2.54. The van der Waals surface area contributed by atoms with E-state index in [0.29, 0.717) is 4.47 Å². The lowest BCUT2D eigenvalue weighted by atomic mass is 10.1. The Morgan fingerprint density at radius 2 is 1.69 bits per heavy atom. The number of hydrogen-bond acceptors (Lipinski definition) is 3. The second-order valence-electron chi connectivity index (χ2n) is 5.31. The fourth-order valence-electron chi connectivity index (χ4n) is 2.10. The van der Waals surface area contributed by atoms with Crippen LogP contribution in [0.25, 0.3) is 0 Å². The van der Waals surface area contributed by atoms with Gasteiger partial charge in [-0.1, -0.05) is 28.1 Å². The highest BCUT2D eigenvalue weighted by Gasteiger charge is 2.33. The van der Waals surface area contributed by atoms with E-state index < -0.39 is 39.9 Å². The molecule has 0 heterocycles. The Morgan fingerprint density at radius 3 is 2.27 bits per heavy atom. The van der Waals surface area contributed by atoms with Gasteiger partial charge < -0.3 is 5.32 Å². The number of nitrogens with one attached hydrogen (secondary N) is 1. The molecule has 2 rings (SSSR count). The molecule has 26 heavy (non-hydrogen) atoms. The highest BCUT2D eigenvalue weighted by molar-refractivity contribution is 9.10. The molecular weight excluding hydrogens is 437 g/mol. The van der Waals surface area contributed by atoms with Crippen LogP contribution in [-0.2, 0) is 21.0 Å². The van der Waals surface area contributed by atoms with E-state index in [0.717, 1.165) is 16.4 Å². The SMILES string of the molecule is CN(CC(=O)Nc1ccccc1C(F)(F)F)S(=O)(=O)c1ccc(Br)cc1. The Bertz CT molecular complexity index is 900. The maximum Gasteiger partial charge on any atom is 0.418 e. The molecule has 10 heteroatoms. The smallest absolute Gasteiger partial charge is 0.324 e. The summed E-state index contributed by atoms with van der Waals surface area (Å²) in [6.07, 6.45) is -4.64. The molecule has 1 N–H and O–H groups in total. The molecule has 0 atom stereocenters. The van der Waals surface area contributed by atoms with Gasteiger partial charge in [0.2, 0.25) is 15.9 Å². The molecule has 0 aliphatic rings. The zero-order valence-corrected chi connectivity index (χ0v) is 15.8. The minimum Gasteiger partial charge on any atom is -0.324 e. The van der Waals surface area contributed by atoms with Crippen LogP contribution in [0.15, 0.2) is 57.9 Å². The number of likely N-dealkylation sites (N-methyl/N-ethyl adjacent to an activating group) is 1. The highest BCUT2D eigenvalue weighted by atomic mass is 79.9. The third kappa shape index (κ3) is 4.83. The van der Waals surface area contributed by atoms with Crippen molar-refractivity contribution >= 4 is 37.5 Å². The maximum absolute atomic E-state index is 12.9. The molecule has 0 radical (unpaired) electrons. The number of nitrogens with zero attached hydrogens (tertiary/aromatic N) is 1. The number of sulfonamides is 1. The average molecular weight is 451 g/mol. The van der Waals surface area contributed by atoms with Gasteiger partial charge in [0.05, 0.1) is 22.7 Å². The van der Waals surface area contributed by atoms with Crippen LogP contribution in [0.3, 0.4) is 0 Å². The minimum absolute atomic E-state index is 0.0355. The Balaban J connectivity index is 2.14. The lowest BCUT2D eigenvalue weighted by Gasteiger charge is -2.18. The number of carbonyl (C=O) groups is 1. The number of anilines is 1. The zero-order valence-electron chi connectivity index (χ0n) is 13.4. The Hall–Kier alpha value is -1.91. The first kappa shape index (κ1) is 20.4. The van der Waals surface area contributed by atoms with E-state index in [4.69, 9.17) is 0 Å². The van der Waals surface area contributed by atoms with Crippen LogP contribution in [-0.4, -0.2) is 32.2 Å². The van der Waals surface area contributed by atoms with Crippen molar-refractivity contribution in [3.63, 3.8) is 0 Å². The van der Waals surface area contributed by atoms with Gasteiger partial charge in [0.25, 0.3) is 0 Å². The summed E-state index contributed by atoms with van der Waals surface area (Å²) in [7, 11) is -2.78. The van der Waals surface area contributed by atoms with Gasteiger partial charge in [-0.2, -0.15) is 17.5 Å². The Morgan fingerprint density at radius 1 is 1.12 bits per heavy atom. The van der Waals surface area contributed by atoms with Crippen LogP contribution in [0, 0.1) is 0 Å². The first-order chi connectivity index (χ1) is 12.0. The van der Waals surface area contributed by atoms with Crippen molar-refractivity contribution in [1.82, 2.24) is 4.31 Å². The third-order valence-electron chi connectivity index (χ3n) is 3.39. The van der Waals surface area contributed by atoms with E-state index in [1.807, 2.05) is 0 Å². The molecule has 0 saturated heterocycles. The van der Waals surface area contributed by atoms with Crippen molar-refractivity contribution in [3.05, 3.63) is 58.6 Å². The van der Waals surface area contributed by atoms with Crippen molar-refractivity contribution in [3.8, 4) is 0 Å². The van der Waals surface area contributed by atoms with Gasteiger partial charge >= 0.3 is 6.18 Å². The van der Waals surface area contributed by atoms with Gasteiger partial charge in [0.15, 0.2) is 0 Å². The van der Waals surface area contributed by atoms with E-state index in [9.17, 15) is 26.4 Å². The number of hydrogen-bond donors (Lipinski definition) is 1. The molecule has 0 saturated carbocycles. The molecule has 0 fully saturated rings. The van der Waals surface area contributed by atoms with Crippen molar-refractivity contribution in [2.75, 3.05) is 18.9 Å². The van der Waals surface area contributed by atoms with Crippen molar-refractivity contribution in [2.45, 2.75) is 11.1 Å². The monoisotopic (exact) mass is 450 g/mol. The Labute approximate surface area is 157 Å². The molecule has 0 aromatic heterocycles. The largest absolute Gasteiger partial charge is 0.418 e. The van der Waals surface area contributed by atoms with E-state index in [-0.39, 0.29) is 4.90 Å². The van der Waals surface area contributed by atoms with Crippen LogP contribution < -0.4 is 5.32 Å². The van der Waals surface area contributed by atoms with Crippen LogP contribution in [0.1, 0.15) is 5.56 Å². The number of alkyl halides is 3. The summed E-state index contributed by atoms with van der Waals surface area (Å²) in [6, 6.07) is 10.2. The summed E-state index contributed by atoms with van der Waals surface area (Å²) in [4.78, 5) is 12.0. The third-order valence-corrected chi connectivity index (χ3v) is 5.74. The van der Waals surface area contributed by atoms with Gasteiger partial charge in [-0.25, -0.2) is 8.42 Å². The van der Waals surface area contributed by atoms with Crippen LogP contribution >= 0.6 is 15.9 Å². The second-order valence-corrected chi connectivity index (χ2v) is 8.27. The van der Waals surface area contributed by atoms with Gasteiger partial charge in [0, 0.05) is 11.5 Å². The number of para-hydroxylation sites is 1. The molecule has 2 aromatic carbocycles. The fraction of sp³-hybridized carbons (Fsp3) is 0.188. The topological polar surface area (TPSA) is 66.5 Å². The molecule has 5 nitrogen and oxygen atoms in total. The van der Waals surface area contributed by atoms with Crippen molar-refractivity contribution in [2.24, 2.45) is 0 Å². The van der Waals surface area contributed by atoms with Crippen molar-refractivity contribution < 1.29 is 26.4 Å². The second kappa shape index (κ2) is 7.77. The maximum atomic E-state index is 12.9. The number of rotatable bonds is 5. The summed E-state index contributed by atoms with van der Waals surface area (Å²) in [5.41, 5.74) is -1.44. The molecule has 0 spiro atoms. The molecule has 2 aromatic rings. The van der Waals surface area contributed by atoms with Crippen LogP contribution in [0.2, 0.25) is 0 Å². The Kier molecular flexibility index (Phi) is 6.09. The summed E-state index contributed by atoms with van der Waals surface area (Å²) in [5, 5.41) is 2.11. The van der Waals surface area contributed by atoms with E-state index in [2.05, 4.69) is 21.2 Å².